The fraction of sp³-hybridized carbons (Fsp3) is 1.00. The van der Waals surface area contributed by atoms with Crippen LogP contribution in [0.4, 0.5) is 0 Å². The zero-order valence-corrected chi connectivity index (χ0v) is 25.6. The normalized spacial score (nSPS) is 55.8. The summed E-state index contributed by atoms with van der Waals surface area (Å²) in [6.45, 7) is 12.6. The summed E-state index contributed by atoms with van der Waals surface area (Å²) in [6, 6.07) is 0. The van der Waals surface area contributed by atoms with E-state index in [1.807, 2.05) is 7.11 Å². The Morgan fingerprint density at radius 1 is 0.949 bits per heavy atom. The molecule has 2 spiro atoms. The fourth-order valence-corrected chi connectivity index (χ4v) is 12.5. The number of hydrogen-bond donors (Lipinski definition) is 3. The SMILES string of the molecule is CCCCCC1C(OC)CC2(N)C3CCC4C(C)(C)C(OC5OCCC(O)C5O)CCC45C(C)C35CCC12C. The average Bonchev–Trinajstić information content (AvgIpc) is 3.34. The van der Waals surface area contributed by atoms with E-state index in [1.54, 1.807) is 0 Å². The van der Waals surface area contributed by atoms with E-state index in [0.29, 0.717) is 47.5 Å². The van der Waals surface area contributed by atoms with Gasteiger partial charge in [-0.3, -0.25) is 0 Å². The van der Waals surface area contributed by atoms with Crippen molar-refractivity contribution in [1.29, 1.82) is 0 Å². The standard InChI is InChI=1S/C33H57NO5/c1-7-8-9-10-21-23(37-6)19-33(34)25-12-11-24-29(3,4)26(39-28-27(36)22(35)14-18-38-28)13-15-31(24)20(2)32(25,31)17-16-30(21,33)5/h20-28,35-36H,7-19,34H2,1-6H3. The van der Waals surface area contributed by atoms with Crippen LogP contribution in [-0.2, 0) is 14.2 Å². The van der Waals surface area contributed by atoms with Crippen molar-refractivity contribution in [3.8, 4) is 0 Å². The summed E-state index contributed by atoms with van der Waals surface area (Å²) in [7, 11) is 1.92. The largest absolute Gasteiger partial charge is 0.390 e. The Morgan fingerprint density at radius 2 is 1.67 bits per heavy atom. The number of hydrogen-bond acceptors (Lipinski definition) is 6. The molecule has 5 saturated carbocycles. The Hall–Kier alpha value is -0.240. The van der Waals surface area contributed by atoms with Crippen LogP contribution in [-0.4, -0.2) is 60.2 Å². The van der Waals surface area contributed by atoms with Crippen molar-refractivity contribution >= 4 is 0 Å². The van der Waals surface area contributed by atoms with Gasteiger partial charge >= 0.3 is 0 Å². The molecule has 0 aromatic rings. The summed E-state index contributed by atoms with van der Waals surface area (Å²) in [5.41, 5.74) is 8.42. The molecule has 6 heteroatoms. The van der Waals surface area contributed by atoms with Gasteiger partial charge in [-0.15, -0.1) is 0 Å². The summed E-state index contributed by atoms with van der Waals surface area (Å²) in [5, 5.41) is 20.8. The van der Waals surface area contributed by atoms with Crippen molar-refractivity contribution in [2.45, 2.75) is 148 Å². The maximum Gasteiger partial charge on any atom is 0.186 e. The lowest BCUT2D eigenvalue weighted by Gasteiger charge is -2.63. The first-order valence-corrected chi connectivity index (χ1v) is 16.4. The van der Waals surface area contributed by atoms with Gasteiger partial charge in [0.25, 0.3) is 0 Å². The molecular formula is C33H57NO5. The second-order valence-electron chi connectivity index (χ2n) is 15.6. The van der Waals surface area contributed by atoms with Crippen molar-refractivity contribution in [2.24, 2.45) is 51.1 Å². The molecule has 6 rings (SSSR count). The minimum absolute atomic E-state index is 0.0208. The molecule has 6 fully saturated rings. The molecule has 5 aliphatic carbocycles. The minimum Gasteiger partial charge on any atom is -0.390 e. The van der Waals surface area contributed by atoms with Crippen molar-refractivity contribution in [1.82, 2.24) is 0 Å². The predicted octanol–water partition coefficient (Wildman–Crippen LogP) is 5.42. The van der Waals surface area contributed by atoms with Crippen LogP contribution in [0, 0.1) is 45.3 Å². The van der Waals surface area contributed by atoms with Crippen LogP contribution in [0.1, 0.15) is 112 Å². The van der Waals surface area contributed by atoms with E-state index in [0.717, 1.165) is 12.8 Å². The smallest absolute Gasteiger partial charge is 0.186 e. The summed E-state index contributed by atoms with van der Waals surface area (Å²) < 4.78 is 18.6. The van der Waals surface area contributed by atoms with Crippen molar-refractivity contribution in [2.75, 3.05) is 13.7 Å². The quantitative estimate of drug-likeness (QED) is 0.291. The molecule has 6 nitrogen and oxygen atoms in total. The molecule has 6 aliphatic rings. The maximum absolute atomic E-state index is 10.6. The molecule has 0 bridgehead atoms. The molecule has 4 N–H and O–H groups in total. The predicted molar refractivity (Wildman–Crippen MR) is 152 cm³/mol. The van der Waals surface area contributed by atoms with Gasteiger partial charge in [-0.1, -0.05) is 53.9 Å². The molecule has 1 heterocycles. The summed E-state index contributed by atoms with van der Waals surface area (Å²) in [4.78, 5) is 0. The zero-order valence-electron chi connectivity index (χ0n) is 25.6. The first-order valence-electron chi connectivity index (χ1n) is 16.4. The number of nitrogens with two attached hydrogens (primary N) is 1. The molecule has 0 amide bonds. The van der Waals surface area contributed by atoms with E-state index in [1.165, 1.54) is 57.8 Å². The van der Waals surface area contributed by atoms with E-state index in [-0.39, 0.29) is 28.6 Å². The molecule has 1 aliphatic heterocycles. The lowest BCUT2D eigenvalue weighted by Crippen LogP contribution is -2.66. The third-order valence-corrected chi connectivity index (χ3v) is 14.5. The highest BCUT2D eigenvalue weighted by Crippen LogP contribution is 2.89. The lowest BCUT2D eigenvalue weighted by molar-refractivity contribution is -0.285. The van der Waals surface area contributed by atoms with Gasteiger partial charge in [-0.25, -0.2) is 0 Å². The molecule has 0 radical (unpaired) electrons. The number of ether oxygens (including phenoxy) is 3. The van der Waals surface area contributed by atoms with Gasteiger partial charge < -0.3 is 30.2 Å². The average molecular weight is 548 g/mol. The van der Waals surface area contributed by atoms with Crippen molar-refractivity contribution in [3.05, 3.63) is 0 Å². The third kappa shape index (κ3) is 3.60. The van der Waals surface area contributed by atoms with Crippen LogP contribution in [0.2, 0.25) is 0 Å². The maximum atomic E-state index is 10.6. The van der Waals surface area contributed by atoms with Gasteiger partial charge in [0.05, 0.1) is 24.9 Å². The summed E-state index contributed by atoms with van der Waals surface area (Å²) >= 11 is 0. The van der Waals surface area contributed by atoms with Crippen LogP contribution in [0.15, 0.2) is 0 Å². The highest BCUT2D eigenvalue weighted by atomic mass is 16.7. The van der Waals surface area contributed by atoms with Crippen LogP contribution in [0.3, 0.4) is 0 Å². The number of fused-ring (bicyclic) bond motifs is 2. The second-order valence-corrected chi connectivity index (χ2v) is 15.6. The van der Waals surface area contributed by atoms with E-state index in [2.05, 4.69) is 34.6 Å². The second kappa shape index (κ2) is 9.64. The molecule has 39 heavy (non-hydrogen) atoms. The summed E-state index contributed by atoms with van der Waals surface area (Å²) in [5.74, 6) is 2.40. The molecule has 0 aromatic heterocycles. The topological polar surface area (TPSA) is 94.2 Å². The van der Waals surface area contributed by atoms with E-state index in [9.17, 15) is 10.2 Å². The Bertz CT molecular complexity index is 928. The van der Waals surface area contributed by atoms with Crippen molar-refractivity contribution in [3.63, 3.8) is 0 Å². The van der Waals surface area contributed by atoms with E-state index < -0.39 is 18.5 Å². The number of aliphatic hydroxyl groups excluding tert-OH is 2. The van der Waals surface area contributed by atoms with Gasteiger partial charge in [0, 0.05) is 12.6 Å². The van der Waals surface area contributed by atoms with Gasteiger partial charge in [-0.2, -0.15) is 0 Å². The molecule has 1 saturated heterocycles. The molecule has 13 unspecified atom stereocenters. The first kappa shape index (κ1) is 28.9. The summed E-state index contributed by atoms with van der Waals surface area (Å²) in [6.07, 6.45) is 11.5. The van der Waals surface area contributed by atoms with E-state index in [4.69, 9.17) is 19.9 Å². The van der Waals surface area contributed by atoms with Gasteiger partial charge in [0.15, 0.2) is 6.29 Å². The number of aliphatic hydroxyl groups is 2. The Labute approximate surface area is 237 Å². The van der Waals surface area contributed by atoms with Gasteiger partial charge in [0.2, 0.25) is 0 Å². The number of methoxy groups -OCH3 is 1. The minimum atomic E-state index is -0.971. The Morgan fingerprint density at radius 3 is 2.38 bits per heavy atom. The van der Waals surface area contributed by atoms with Crippen LogP contribution >= 0.6 is 0 Å². The highest BCUT2D eigenvalue weighted by Gasteiger charge is 2.86. The van der Waals surface area contributed by atoms with Crippen molar-refractivity contribution < 1.29 is 24.4 Å². The molecular weight excluding hydrogens is 490 g/mol. The zero-order chi connectivity index (χ0) is 28.0. The highest BCUT2D eigenvalue weighted by molar-refractivity contribution is 5.36. The third-order valence-electron chi connectivity index (χ3n) is 14.5. The molecule has 13 atom stereocenters. The lowest BCUT2D eigenvalue weighted by atomic mass is 9.44. The fourth-order valence-electron chi connectivity index (χ4n) is 12.5. The van der Waals surface area contributed by atoms with Crippen LogP contribution < -0.4 is 5.73 Å². The van der Waals surface area contributed by atoms with E-state index >= 15 is 0 Å². The Balaban J connectivity index is 1.26. The Kier molecular flexibility index (Phi) is 7.13. The van der Waals surface area contributed by atoms with Crippen LogP contribution in [0.5, 0.6) is 0 Å². The van der Waals surface area contributed by atoms with Gasteiger partial charge in [0.1, 0.15) is 6.10 Å². The molecule has 0 aromatic carbocycles. The first-order chi connectivity index (χ1) is 18.5. The number of unbranched alkanes of at least 4 members (excludes halogenated alkanes) is 2. The van der Waals surface area contributed by atoms with Crippen LogP contribution in [0.25, 0.3) is 0 Å². The van der Waals surface area contributed by atoms with Gasteiger partial charge in [-0.05, 0) is 103 Å². The number of rotatable bonds is 7. The molecule has 224 valence electrons. The monoisotopic (exact) mass is 547 g/mol.